The molecule has 0 N–H and O–H groups in total. The molecule has 0 aliphatic carbocycles. The topological polar surface area (TPSA) is 38.5 Å². The Morgan fingerprint density at radius 3 is 2.67 bits per heavy atom. The van der Waals surface area contributed by atoms with Gasteiger partial charge in [0.1, 0.15) is 12.3 Å². The molecule has 102 valence electrons. The first-order valence-corrected chi connectivity index (χ1v) is 6.69. The first-order chi connectivity index (χ1) is 8.39. The summed E-state index contributed by atoms with van der Waals surface area (Å²) < 4.78 is 11.2. The standard InChI is InChI=1S/C14H24N2O2/c1-10(2)16-6-7-17-8-11(16)13-15-12(9-18-13)14(3,4)5/h9-11H,6-8H2,1-5H3. The van der Waals surface area contributed by atoms with Crippen LogP contribution in [-0.2, 0) is 10.2 Å². The summed E-state index contributed by atoms with van der Waals surface area (Å²) in [7, 11) is 0. The van der Waals surface area contributed by atoms with Crippen LogP contribution in [0.5, 0.6) is 0 Å². The second-order valence-electron chi connectivity index (χ2n) is 6.24. The van der Waals surface area contributed by atoms with Gasteiger partial charge in [-0.05, 0) is 13.8 Å². The summed E-state index contributed by atoms with van der Waals surface area (Å²) in [6, 6.07) is 0.624. The Balaban J connectivity index is 2.21. The molecule has 0 saturated carbocycles. The van der Waals surface area contributed by atoms with Crippen LogP contribution >= 0.6 is 0 Å². The molecule has 18 heavy (non-hydrogen) atoms. The van der Waals surface area contributed by atoms with Crippen LogP contribution in [0.15, 0.2) is 10.7 Å². The van der Waals surface area contributed by atoms with Crippen LogP contribution in [0.3, 0.4) is 0 Å². The molecule has 1 aromatic heterocycles. The van der Waals surface area contributed by atoms with E-state index in [0.717, 1.165) is 24.7 Å². The van der Waals surface area contributed by atoms with Gasteiger partial charge in [-0.25, -0.2) is 4.98 Å². The van der Waals surface area contributed by atoms with Crippen LogP contribution < -0.4 is 0 Å². The molecule has 1 atom stereocenters. The fourth-order valence-electron chi connectivity index (χ4n) is 2.23. The van der Waals surface area contributed by atoms with Gasteiger partial charge in [-0.3, -0.25) is 4.90 Å². The van der Waals surface area contributed by atoms with E-state index in [1.54, 1.807) is 6.26 Å². The number of hydrogen-bond donors (Lipinski definition) is 0. The fraction of sp³-hybridized carbons (Fsp3) is 0.786. The normalized spacial score (nSPS) is 22.7. The molecule has 1 saturated heterocycles. The molecular formula is C14H24N2O2. The highest BCUT2D eigenvalue weighted by molar-refractivity contribution is 5.10. The van der Waals surface area contributed by atoms with Gasteiger partial charge in [-0.1, -0.05) is 20.8 Å². The number of aromatic nitrogens is 1. The molecule has 1 aromatic rings. The summed E-state index contributed by atoms with van der Waals surface area (Å²) in [6.45, 7) is 13.2. The van der Waals surface area contributed by atoms with Crippen molar-refractivity contribution < 1.29 is 9.15 Å². The Morgan fingerprint density at radius 1 is 1.39 bits per heavy atom. The third-order valence-electron chi connectivity index (χ3n) is 3.41. The summed E-state index contributed by atoms with van der Waals surface area (Å²) in [4.78, 5) is 7.04. The highest BCUT2D eigenvalue weighted by atomic mass is 16.5. The van der Waals surface area contributed by atoms with Crippen LogP contribution in [0, 0.1) is 0 Å². The predicted octanol–water partition coefficient (Wildman–Crippen LogP) is 2.75. The quantitative estimate of drug-likeness (QED) is 0.811. The third kappa shape index (κ3) is 2.75. The second kappa shape index (κ2) is 5.02. The van der Waals surface area contributed by atoms with Crippen LogP contribution in [0.2, 0.25) is 0 Å². The number of oxazole rings is 1. The van der Waals surface area contributed by atoms with Crippen molar-refractivity contribution in [2.24, 2.45) is 0 Å². The Kier molecular flexibility index (Phi) is 3.78. The van der Waals surface area contributed by atoms with Crippen molar-refractivity contribution in [1.29, 1.82) is 0 Å². The first kappa shape index (κ1) is 13.6. The molecule has 4 heteroatoms. The van der Waals surface area contributed by atoms with E-state index in [0.29, 0.717) is 12.6 Å². The SMILES string of the molecule is CC(C)N1CCOCC1c1nc(C(C)(C)C)co1. The summed E-state index contributed by atoms with van der Waals surface area (Å²) in [5, 5.41) is 0. The zero-order valence-corrected chi connectivity index (χ0v) is 12.1. The molecule has 2 heterocycles. The van der Waals surface area contributed by atoms with Crippen LogP contribution in [0.25, 0.3) is 0 Å². The van der Waals surface area contributed by atoms with Gasteiger partial charge in [-0.2, -0.15) is 0 Å². The lowest BCUT2D eigenvalue weighted by molar-refractivity contribution is -0.0327. The molecule has 0 spiro atoms. The van der Waals surface area contributed by atoms with Crippen molar-refractivity contribution >= 4 is 0 Å². The minimum absolute atomic E-state index is 0.0277. The number of morpholine rings is 1. The molecule has 1 unspecified atom stereocenters. The number of nitrogens with zero attached hydrogens (tertiary/aromatic N) is 2. The van der Waals surface area contributed by atoms with Gasteiger partial charge in [0.25, 0.3) is 0 Å². The average molecular weight is 252 g/mol. The van der Waals surface area contributed by atoms with Gasteiger partial charge in [-0.15, -0.1) is 0 Å². The molecule has 1 aliphatic rings. The van der Waals surface area contributed by atoms with E-state index >= 15 is 0 Å². The van der Waals surface area contributed by atoms with Gasteiger partial charge in [0, 0.05) is 18.0 Å². The number of ether oxygens (including phenoxy) is 1. The van der Waals surface area contributed by atoms with E-state index in [1.807, 2.05) is 0 Å². The predicted molar refractivity (Wildman–Crippen MR) is 70.6 cm³/mol. The van der Waals surface area contributed by atoms with Crippen molar-refractivity contribution in [2.75, 3.05) is 19.8 Å². The Hall–Kier alpha value is -0.870. The summed E-state index contributed by atoms with van der Waals surface area (Å²) >= 11 is 0. The first-order valence-electron chi connectivity index (χ1n) is 6.69. The lowest BCUT2D eigenvalue weighted by Gasteiger charge is -2.36. The van der Waals surface area contributed by atoms with E-state index in [1.165, 1.54) is 0 Å². The Labute approximate surface area is 109 Å². The van der Waals surface area contributed by atoms with Crippen LogP contribution in [0.1, 0.15) is 52.2 Å². The molecule has 0 bridgehead atoms. The highest BCUT2D eigenvalue weighted by Gasteiger charge is 2.31. The zero-order chi connectivity index (χ0) is 13.3. The zero-order valence-electron chi connectivity index (χ0n) is 12.1. The minimum atomic E-state index is 0.0277. The van der Waals surface area contributed by atoms with E-state index in [-0.39, 0.29) is 11.5 Å². The summed E-state index contributed by atoms with van der Waals surface area (Å²) in [5.41, 5.74) is 1.03. The Morgan fingerprint density at radius 2 is 2.11 bits per heavy atom. The van der Waals surface area contributed by atoms with Crippen molar-refractivity contribution in [2.45, 2.75) is 52.1 Å². The largest absolute Gasteiger partial charge is 0.447 e. The average Bonchev–Trinajstić information content (AvgIpc) is 2.77. The van der Waals surface area contributed by atoms with Crippen molar-refractivity contribution in [3.63, 3.8) is 0 Å². The summed E-state index contributed by atoms with van der Waals surface area (Å²) in [6.07, 6.45) is 1.78. The molecule has 1 fully saturated rings. The van der Waals surface area contributed by atoms with Gasteiger partial charge in [0.05, 0.1) is 18.9 Å². The lowest BCUT2D eigenvalue weighted by atomic mass is 9.93. The van der Waals surface area contributed by atoms with Crippen molar-refractivity contribution in [1.82, 2.24) is 9.88 Å². The second-order valence-corrected chi connectivity index (χ2v) is 6.24. The molecule has 0 radical (unpaired) electrons. The molecule has 4 nitrogen and oxygen atoms in total. The van der Waals surface area contributed by atoms with E-state index in [4.69, 9.17) is 9.15 Å². The molecule has 0 aromatic carbocycles. The fourth-order valence-corrected chi connectivity index (χ4v) is 2.23. The van der Waals surface area contributed by atoms with Gasteiger partial charge < -0.3 is 9.15 Å². The highest BCUT2D eigenvalue weighted by Crippen LogP contribution is 2.28. The van der Waals surface area contributed by atoms with Crippen LogP contribution in [0.4, 0.5) is 0 Å². The Bertz CT molecular complexity index is 393. The lowest BCUT2D eigenvalue weighted by Crippen LogP contribution is -2.43. The number of hydrogen-bond acceptors (Lipinski definition) is 4. The third-order valence-corrected chi connectivity index (χ3v) is 3.41. The molecular weight excluding hydrogens is 228 g/mol. The summed E-state index contributed by atoms with van der Waals surface area (Å²) in [5.74, 6) is 0.785. The van der Waals surface area contributed by atoms with Gasteiger partial charge >= 0.3 is 0 Å². The van der Waals surface area contributed by atoms with Crippen molar-refractivity contribution in [3.05, 3.63) is 17.8 Å². The van der Waals surface area contributed by atoms with Crippen LogP contribution in [-0.4, -0.2) is 35.7 Å². The van der Waals surface area contributed by atoms with E-state index in [9.17, 15) is 0 Å². The maximum absolute atomic E-state index is 5.68. The number of rotatable bonds is 2. The molecule has 1 aliphatic heterocycles. The van der Waals surface area contributed by atoms with E-state index < -0.39 is 0 Å². The monoisotopic (exact) mass is 252 g/mol. The molecule has 2 rings (SSSR count). The van der Waals surface area contributed by atoms with E-state index in [2.05, 4.69) is 44.5 Å². The van der Waals surface area contributed by atoms with Gasteiger partial charge in [0.15, 0.2) is 0 Å². The maximum Gasteiger partial charge on any atom is 0.214 e. The van der Waals surface area contributed by atoms with Crippen molar-refractivity contribution in [3.8, 4) is 0 Å². The minimum Gasteiger partial charge on any atom is -0.447 e. The van der Waals surface area contributed by atoms with Gasteiger partial charge in [0.2, 0.25) is 5.89 Å². The molecule has 0 amide bonds. The maximum atomic E-state index is 5.68. The smallest absolute Gasteiger partial charge is 0.214 e.